The number of H-pyrrole nitrogens is 1. The van der Waals surface area contributed by atoms with Crippen LogP contribution in [0.2, 0.25) is 0 Å². The summed E-state index contributed by atoms with van der Waals surface area (Å²) in [5.41, 5.74) is 3.91. The van der Waals surface area contributed by atoms with Crippen molar-refractivity contribution in [2.24, 2.45) is 0 Å². The third kappa shape index (κ3) is 2.16. The molecule has 1 N–H and O–H groups in total. The molecule has 3 rings (SSSR count). The fourth-order valence-corrected chi connectivity index (χ4v) is 3.27. The minimum atomic E-state index is 0.0320. The summed E-state index contributed by atoms with van der Waals surface area (Å²) in [6, 6.07) is 2.03. The van der Waals surface area contributed by atoms with E-state index in [1.54, 1.807) is 10.9 Å². The van der Waals surface area contributed by atoms with Crippen LogP contribution in [-0.2, 0) is 6.42 Å². The summed E-state index contributed by atoms with van der Waals surface area (Å²) in [6.07, 6.45) is 2.36. The third-order valence-electron chi connectivity index (χ3n) is 3.42. The van der Waals surface area contributed by atoms with Crippen molar-refractivity contribution in [1.29, 1.82) is 0 Å². The van der Waals surface area contributed by atoms with Crippen LogP contribution in [0, 0.1) is 13.8 Å². The van der Waals surface area contributed by atoms with Crippen molar-refractivity contribution in [2.45, 2.75) is 33.2 Å². The topological polar surface area (TPSA) is 63.6 Å². The van der Waals surface area contributed by atoms with E-state index in [1.165, 1.54) is 11.3 Å². The number of nitrogens with one attached hydrogen (secondary N) is 1. The summed E-state index contributed by atoms with van der Waals surface area (Å²) in [4.78, 5) is 16.9. The molecule has 0 unspecified atom stereocenters. The van der Waals surface area contributed by atoms with Gasteiger partial charge in [-0.15, -0.1) is 11.3 Å². The maximum atomic E-state index is 12.5. The van der Waals surface area contributed by atoms with E-state index in [0.717, 1.165) is 27.2 Å². The quantitative estimate of drug-likeness (QED) is 0.805. The lowest BCUT2D eigenvalue weighted by Gasteiger charge is -2.13. The summed E-state index contributed by atoms with van der Waals surface area (Å²) in [6.45, 7) is 5.96. The summed E-state index contributed by atoms with van der Waals surface area (Å²) < 4.78 is 2.43. The van der Waals surface area contributed by atoms with Gasteiger partial charge in [-0.25, -0.2) is 4.98 Å². The first-order valence-electron chi connectivity index (χ1n) is 6.52. The van der Waals surface area contributed by atoms with Crippen molar-refractivity contribution in [2.75, 3.05) is 0 Å². The molecule has 0 saturated carbocycles. The van der Waals surface area contributed by atoms with Crippen LogP contribution in [0.1, 0.15) is 29.9 Å². The summed E-state index contributed by atoms with van der Waals surface area (Å²) in [5.74, 6) is 0. The average molecular weight is 288 g/mol. The zero-order valence-corrected chi connectivity index (χ0v) is 12.5. The average Bonchev–Trinajstić information content (AvgIpc) is 2.97. The number of rotatable bonds is 3. The van der Waals surface area contributed by atoms with Gasteiger partial charge in [-0.05, 0) is 37.8 Å². The van der Waals surface area contributed by atoms with E-state index in [4.69, 9.17) is 0 Å². The van der Waals surface area contributed by atoms with Crippen molar-refractivity contribution in [3.63, 3.8) is 0 Å². The second-order valence-electron chi connectivity index (χ2n) is 5.15. The van der Waals surface area contributed by atoms with E-state index in [1.807, 2.05) is 32.2 Å². The number of fused-ring (bicyclic) bond motifs is 1. The molecule has 5 nitrogen and oxygen atoms in total. The first-order chi connectivity index (χ1) is 9.56. The fourth-order valence-electron chi connectivity index (χ4n) is 2.33. The minimum Gasteiger partial charge on any atom is -0.295 e. The molecule has 6 heteroatoms. The van der Waals surface area contributed by atoms with Gasteiger partial charge in [0.2, 0.25) is 0 Å². The zero-order valence-electron chi connectivity index (χ0n) is 11.7. The highest BCUT2D eigenvalue weighted by Crippen LogP contribution is 2.20. The van der Waals surface area contributed by atoms with E-state index in [0.29, 0.717) is 6.42 Å². The number of nitrogens with zero attached hydrogens (tertiary/aromatic N) is 3. The Bertz CT molecular complexity index is 814. The lowest BCUT2D eigenvalue weighted by atomic mass is 10.1. The number of aromatic nitrogens is 4. The highest BCUT2D eigenvalue weighted by Gasteiger charge is 2.14. The summed E-state index contributed by atoms with van der Waals surface area (Å²) in [5, 5.41) is 9.12. The van der Waals surface area contributed by atoms with Crippen LogP contribution in [0.3, 0.4) is 0 Å². The maximum absolute atomic E-state index is 12.5. The number of aryl methyl sites for hydroxylation is 2. The first-order valence-corrected chi connectivity index (χ1v) is 7.40. The molecule has 0 aliphatic rings. The Morgan fingerprint density at radius 2 is 2.25 bits per heavy atom. The van der Waals surface area contributed by atoms with E-state index >= 15 is 0 Å². The van der Waals surface area contributed by atoms with Gasteiger partial charge in [0.15, 0.2) is 0 Å². The smallest absolute Gasteiger partial charge is 0.271 e. The van der Waals surface area contributed by atoms with Gasteiger partial charge in [-0.2, -0.15) is 5.10 Å². The van der Waals surface area contributed by atoms with Gasteiger partial charge in [0.1, 0.15) is 4.70 Å². The Hall–Kier alpha value is -1.95. The predicted molar refractivity (Wildman–Crippen MR) is 80.4 cm³/mol. The zero-order chi connectivity index (χ0) is 14.3. The molecular weight excluding hydrogens is 272 g/mol. The van der Waals surface area contributed by atoms with Crippen molar-refractivity contribution in [1.82, 2.24) is 19.7 Å². The lowest BCUT2D eigenvalue weighted by molar-refractivity contribution is 0.517. The Balaban J connectivity index is 1.97. The standard InChI is InChI=1S/C14H16N4OS/c1-8-6-20-13-12(8)15-7-18(14(13)19)10(3)5-11-4-9(2)16-17-11/h4,6-7,10H,5H2,1-3H3,(H,16,17)/t10-/m1/s1. The van der Waals surface area contributed by atoms with Crippen LogP contribution in [0.25, 0.3) is 10.2 Å². The van der Waals surface area contributed by atoms with Gasteiger partial charge in [-0.1, -0.05) is 0 Å². The second-order valence-corrected chi connectivity index (χ2v) is 6.03. The lowest BCUT2D eigenvalue weighted by Crippen LogP contribution is -2.24. The molecule has 0 spiro atoms. The molecule has 3 heterocycles. The van der Waals surface area contributed by atoms with Crippen molar-refractivity contribution >= 4 is 21.6 Å². The molecule has 104 valence electrons. The molecule has 0 bridgehead atoms. The van der Waals surface area contributed by atoms with E-state index in [9.17, 15) is 4.79 Å². The van der Waals surface area contributed by atoms with Crippen LogP contribution in [-0.4, -0.2) is 19.7 Å². The normalized spacial score (nSPS) is 12.9. The molecule has 20 heavy (non-hydrogen) atoms. The van der Waals surface area contributed by atoms with Crippen LogP contribution < -0.4 is 5.56 Å². The summed E-state index contributed by atoms with van der Waals surface area (Å²) in [7, 11) is 0. The SMILES string of the molecule is Cc1cc(C[C@@H](C)n2cnc3c(C)csc3c2=O)n[nH]1. The number of aromatic amines is 1. The minimum absolute atomic E-state index is 0.0320. The molecule has 0 aliphatic heterocycles. The molecular formula is C14H16N4OS. The van der Waals surface area contributed by atoms with Gasteiger partial charge in [0.05, 0.1) is 17.5 Å². The monoisotopic (exact) mass is 288 g/mol. The van der Waals surface area contributed by atoms with Crippen molar-refractivity contribution in [3.8, 4) is 0 Å². The Morgan fingerprint density at radius 3 is 2.95 bits per heavy atom. The highest BCUT2D eigenvalue weighted by atomic mass is 32.1. The molecule has 0 amide bonds. The highest BCUT2D eigenvalue weighted by molar-refractivity contribution is 7.17. The van der Waals surface area contributed by atoms with E-state index in [2.05, 4.69) is 15.2 Å². The largest absolute Gasteiger partial charge is 0.295 e. The molecule has 3 aromatic rings. The fraction of sp³-hybridized carbons (Fsp3) is 0.357. The summed E-state index contributed by atoms with van der Waals surface area (Å²) >= 11 is 1.46. The molecule has 1 atom stereocenters. The van der Waals surface area contributed by atoms with Crippen LogP contribution in [0.5, 0.6) is 0 Å². The van der Waals surface area contributed by atoms with E-state index < -0.39 is 0 Å². The van der Waals surface area contributed by atoms with Crippen LogP contribution in [0.15, 0.2) is 22.6 Å². The second kappa shape index (κ2) is 4.86. The molecule has 0 saturated heterocycles. The van der Waals surface area contributed by atoms with Crippen molar-refractivity contribution < 1.29 is 0 Å². The van der Waals surface area contributed by atoms with Crippen LogP contribution >= 0.6 is 11.3 Å². The van der Waals surface area contributed by atoms with Gasteiger partial charge in [0.25, 0.3) is 5.56 Å². The number of hydrogen-bond acceptors (Lipinski definition) is 4. The van der Waals surface area contributed by atoms with Gasteiger partial charge in [-0.3, -0.25) is 14.5 Å². The van der Waals surface area contributed by atoms with Crippen LogP contribution in [0.4, 0.5) is 0 Å². The third-order valence-corrected chi connectivity index (χ3v) is 4.50. The molecule has 0 aromatic carbocycles. The number of hydrogen-bond donors (Lipinski definition) is 1. The predicted octanol–water partition coefficient (Wildman–Crippen LogP) is 2.60. The molecule has 3 aromatic heterocycles. The Morgan fingerprint density at radius 1 is 1.45 bits per heavy atom. The van der Waals surface area contributed by atoms with Gasteiger partial charge < -0.3 is 0 Å². The van der Waals surface area contributed by atoms with Gasteiger partial charge >= 0.3 is 0 Å². The van der Waals surface area contributed by atoms with E-state index in [-0.39, 0.29) is 11.6 Å². The van der Waals surface area contributed by atoms with Crippen molar-refractivity contribution in [3.05, 3.63) is 45.1 Å². The maximum Gasteiger partial charge on any atom is 0.271 e. The molecule has 0 aliphatic carbocycles. The molecule has 0 radical (unpaired) electrons. The Kier molecular flexibility index (Phi) is 3.17. The Labute approximate surface area is 120 Å². The number of thiophene rings is 1. The van der Waals surface area contributed by atoms with Gasteiger partial charge in [0, 0.05) is 18.2 Å². The first kappa shape index (κ1) is 13.1. The molecule has 0 fully saturated rings.